The van der Waals surface area contributed by atoms with E-state index >= 15 is 0 Å². The molecule has 0 saturated heterocycles. The molecule has 0 heterocycles. The van der Waals surface area contributed by atoms with Crippen LogP contribution in [0.1, 0.15) is 15.9 Å². The first kappa shape index (κ1) is 11.5. The number of aromatic carboxylic acids is 1. The minimum absolute atomic E-state index is 0.00546. The minimum Gasteiger partial charge on any atom is -0.478 e. The highest BCUT2D eigenvalue weighted by atomic mass is 32.2. The van der Waals surface area contributed by atoms with E-state index in [1.807, 2.05) is 0 Å². The van der Waals surface area contributed by atoms with Crippen LogP contribution in [0.5, 0.6) is 0 Å². The molecule has 0 fully saturated rings. The van der Waals surface area contributed by atoms with Crippen LogP contribution < -0.4 is 5.73 Å². The molecule has 82 valence electrons. The number of nitrogen functional groups attached to an aromatic ring is 1. The fourth-order valence-electron chi connectivity index (χ4n) is 1.30. The average Bonchev–Trinajstić information content (AvgIpc) is 2.00. The van der Waals surface area contributed by atoms with Crippen LogP contribution in [0, 0.1) is 6.92 Å². The van der Waals surface area contributed by atoms with E-state index in [9.17, 15) is 13.2 Å². The van der Waals surface area contributed by atoms with Gasteiger partial charge in [0.2, 0.25) is 0 Å². The predicted molar refractivity (Wildman–Crippen MR) is 55.7 cm³/mol. The summed E-state index contributed by atoms with van der Waals surface area (Å²) in [5.41, 5.74) is 5.77. The summed E-state index contributed by atoms with van der Waals surface area (Å²) in [6.07, 6.45) is 1.02. The smallest absolute Gasteiger partial charge is 0.337 e. The lowest BCUT2D eigenvalue weighted by Crippen LogP contribution is -2.07. The Morgan fingerprint density at radius 2 is 1.93 bits per heavy atom. The third-order valence-electron chi connectivity index (χ3n) is 1.98. The van der Waals surface area contributed by atoms with Gasteiger partial charge in [-0.15, -0.1) is 0 Å². The molecule has 0 bridgehead atoms. The zero-order valence-corrected chi connectivity index (χ0v) is 9.13. The van der Waals surface area contributed by atoms with E-state index < -0.39 is 15.8 Å². The van der Waals surface area contributed by atoms with Gasteiger partial charge in [-0.25, -0.2) is 13.2 Å². The van der Waals surface area contributed by atoms with E-state index in [1.165, 1.54) is 6.07 Å². The Morgan fingerprint density at radius 3 is 2.33 bits per heavy atom. The fraction of sp³-hybridized carbons (Fsp3) is 0.222. The van der Waals surface area contributed by atoms with Crippen molar-refractivity contribution in [1.82, 2.24) is 0 Å². The lowest BCUT2D eigenvalue weighted by molar-refractivity contribution is 0.0698. The summed E-state index contributed by atoms with van der Waals surface area (Å²) in [5.74, 6) is -1.24. The molecule has 0 aromatic heterocycles. The van der Waals surface area contributed by atoms with E-state index in [4.69, 9.17) is 10.8 Å². The molecule has 0 spiro atoms. The van der Waals surface area contributed by atoms with Crippen molar-refractivity contribution in [2.24, 2.45) is 0 Å². The van der Waals surface area contributed by atoms with Crippen molar-refractivity contribution in [3.05, 3.63) is 23.3 Å². The number of carboxylic acids is 1. The van der Waals surface area contributed by atoms with Crippen LogP contribution in [0.3, 0.4) is 0 Å². The number of benzene rings is 1. The molecule has 0 aliphatic carbocycles. The molecule has 0 radical (unpaired) electrons. The molecule has 15 heavy (non-hydrogen) atoms. The fourth-order valence-corrected chi connectivity index (χ4v) is 2.27. The van der Waals surface area contributed by atoms with E-state index in [0.29, 0.717) is 5.56 Å². The second-order valence-corrected chi connectivity index (χ2v) is 5.27. The summed E-state index contributed by atoms with van der Waals surface area (Å²) < 4.78 is 22.6. The minimum atomic E-state index is -3.43. The zero-order chi connectivity index (χ0) is 11.8. The topological polar surface area (TPSA) is 97.5 Å². The maximum Gasteiger partial charge on any atom is 0.337 e. The molecular formula is C9H11NO4S. The monoisotopic (exact) mass is 229 g/mol. The van der Waals surface area contributed by atoms with Gasteiger partial charge >= 0.3 is 5.97 Å². The van der Waals surface area contributed by atoms with Gasteiger partial charge in [0.05, 0.1) is 10.5 Å². The molecule has 1 aromatic carbocycles. The normalized spacial score (nSPS) is 11.3. The van der Waals surface area contributed by atoms with Gasteiger partial charge in [0.1, 0.15) is 0 Å². The van der Waals surface area contributed by atoms with Gasteiger partial charge in [0, 0.05) is 11.9 Å². The molecule has 0 amide bonds. The van der Waals surface area contributed by atoms with Crippen LogP contribution in [0.2, 0.25) is 0 Å². The Balaban J connectivity index is 3.58. The quantitative estimate of drug-likeness (QED) is 0.727. The molecule has 1 rings (SSSR count). The number of carbonyl (C=O) groups is 1. The van der Waals surface area contributed by atoms with Gasteiger partial charge in [-0.05, 0) is 24.6 Å². The number of sulfone groups is 1. The van der Waals surface area contributed by atoms with Crippen molar-refractivity contribution in [2.75, 3.05) is 12.0 Å². The average molecular weight is 229 g/mol. The number of hydrogen-bond acceptors (Lipinski definition) is 4. The molecule has 6 heteroatoms. The largest absolute Gasteiger partial charge is 0.478 e. The van der Waals surface area contributed by atoms with Crippen LogP contribution >= 0.6 is 0 Å². The van der Waals surface area contributed by atoms with Gasteiger partial charge in [-0.3, -0.25) is 0 Å². The molecule has 0 aliphatic rings. The predicted octanol–water partition coefficient (Wildman–Crippen LogP) is 0.679. The van der Waals surface area contributed by atoms with Gasteiger partial charge in [-0.2, -0.15) is 0 Å². The molecule has 0 atom stereocenters. The van der Waals surface area contributed by atoms with Crippen LogP contribution in [0.15, 0.2) is 17.0 Å². The standard InChI is InChI=1S/C9H11NO4S/c1-5-3-7(10)6(9(11)12)4-8(5)15(2,13)14/h3-4H,10H2,1-2H3,(H,11,12). The summed E-state index contributed by atoms with van der Waals surface area (Å²) in [6.45, 7) is 1.57. The number of nitrogens with two attached hydrogens (primary N) is 1. The lowest BCUT2D eigenvalue weighted by atomic mass is 10.1. The highest BCUT2D eigenvalue weighted by molar-refractivity contribution is 7.90. The first-order valence-electron chi connectivity index (χ1n) is 4.07. The van der Waals surface area contributed by atoms with Crippen molar-refractivity contribution >= 4 is 21.5 Å². The third-order valence-corrected chi connectivity index (χ3v) is 3.22. The SMILES string of the molecule is Cc1cc(N)c(C(=O)O)cc1S(C)(=O)=O. The lowest BCUT2D eigenvalue weighted by Gasteiger charge is -2.07. The Hall–Kier alpha value is -1.56. The van der Waals surface area contributed by atoms with Crippen molar-refractivity contribution in [2.45, 2.75) is 11.8 Å². The maximum atomic E-state index is 11.3. The molecule has 0 saturated carbocycles. The Morgan fingerprint density at radius 1 is 1.40 bits per heavy atom. The van der Waals surface area contributed by atoms with Crippen LogP contribution in [-0.4, -0.2) is 25.7 Å². The van der Waals surface area contributed by atoms with Crippen molar-refractivity contribution in [3.63, 3.8) is 0 Å². The number of rotatable bonds is 2. The van der Waals surface area contributed by atoms with Crippen molar-refractivity contribution in [3.8, 4) is 0 Å². The summed E-state index contributed by atoms with van der Waals surface area (Å²) in [6, 6.07) is 2.43. The highest BCUT2D eigenvalue weighted by Crippen LogP contribution is 2.22. The first-order valence-corrected chi connectivity index (χ1v) is 5.96. The number of aryl methyl sites for hydroxylation is 1. The Kier molecular flexibility index (Phi) is 2.72. The van der Waals surface area contributed by atoms with Crippen LogP contribution in [0.4, 0.5) is 5.69 Å². The summed E-state index contributed by atoms with van der Waals surface area (Å²) in [5, 5.41) is 8.77. The Labute approximate surface area is 87.4 Å². The van der Waals surface area contributed by atoms with E-state index in [0.717, 1.165) is 12.3 Å². The van der Waals surface area contributed by atoms with Crippen molar-refractivity contribution < 1.29 is 18.3 Å². The van der Waals surface area contributed by atoms with E-state index in [1.54, 1.807) is 6.92 Å². The van der Waals surface area contributed by atoms with Crippen LogP contribution in [-0.2, 0) is 9.84 Å². The number of anilines is 1. The second kappa shape index (κ2) is 3.54. The van der Waals surface area contributed by atoms with Gasteiger partial charge in [-0.1, -0.05) is 0 Å². The molecule has 3 N–H and O–H groups in total. The summed E-state index contributed by atoms with van der Waals surface area (Å²) in [4.78, 5) is 10.7. The molecule has 0 unspecified atom stereocenters. The van der Waals surface area contributed by atoms with Gasteiger partial charge in [0.15, 0.2) is 9.84 Å². The third kappa shape index (κ3) is 2.27. The number of hydrogen-bond donors (Lipinski definition) is 2. The summed E-state index contributed by atoms with van der Waals surface area (Å²) >= 11 is 0. The van der Waals surface area contributed by atoms with Crippen LogP contribution in [0.25, 0.3) is 0 Å². The van der Waals surface area contributed by atoms with Gasteiger partial charge in [0.25, 0.3) is 0 Å². The zero-order valence-electron chi connectivity index (χ0n) is 8.31. The van der Waals surface area contributed by atoms with E-state index in [-0.39, 0.29) is 16.1 Å². The molecular weight excluding hydrogens is 218 g/mol. The number of carboxylic acid groups (broad SMARTS) is 1. The molecule has 5 nitrogen and oxygen atoms in total. The summed E-state index contributed by atoms with van der Waals surface area (Å²) in [7, 11) is -3.43. The molecule has 0 aliphatic heterocycles. The van der Waals surface area contributed by atoms with Gasteiger partial charge < -0.3 is 10.8 Å². The highest BCUT2D eigenvalue weighted by Gasteiger charge is 2.16. The maximum absolute atomic E-state index is 11.3. The van der Waals surface area contributed by atoms with E-state index in [2.05, 4.69) is 0 Å². The first-order chi connectivity index (χ1) is 6.73. The van der Waals surface area contributed by atoms with Crippen molar-refractivity contribution in [1.29, 1.82) is 0 Å². The Bertz CT molecular complexity index is 519. The second-order valence-electron chi connectivity index (χ2n) is 3.28. The molecule has 1 aromatic rings.